The second-order valence-corrected chi connectivity index (χ2v) is 6.22. The third-order valence-electron chi connectivity index (χ3n) is 3.42. The Balaban J connectivity index is 2.57. The van der Waals surface area contributed by atoms with Gasteiger partial charge in [0.05, 0.1) is 0 Å². The predicted molar refractivity (Wildman–Crippen MR) is 83.0 cm³/mol. The van der Waals surface area contributed by atoms with E-state index in [4.69, 9.17) is 0 Å². The number of hydrogen-bond acceptors (Lipinski definition) is 4. The molecule has 2 aromatic carbocycles. The van der Waals surface area contributed by atoms with Gasteiger partial charge in [0, 0.05) is 25.7 Å². The molecule has 0 fully saturated rings. The van der Waals surface area contributed by atoms with Crippen molar-refractivity contribution in [2.45, 2.75) is 19.8 Å². The van der Waals surface area contributed by atoms with Crippen LogP contribution < -0.4 is 5.43 Å². The van der Waals surface area contributed by atoms with Gasteiger partial charge in [0.25, 0.3) is 0 Å². The number of benzene rings is 2. The lowest BCUT2D eigenvalue weighted by Gasteiger charge is -2.12. The maximum Gasteiger partial charge on any atom is 0.196 e. The molecular weight excluding hydrogens is 272 g/mol. The molecule has 0 saturated carbocycles. The van der Waals surface area contributed by atoms with Crippen molar-refractivity contribution < 1.29 is 10.2 Å². The largest absolute Gasteiger partial charge is 0.508 e. The molecule has 0 saturated heterocycles. The van der Waals surface area contributed by atoms with Gasteiger partial charge >= 0.3 is 0 Å². The quantitative estimate of drug-likeness (QED) is 0.666. The Kier molecular flexibility index (Phi) is 2.91. The highest BCUT2D eigenvalue weighted by Gasteiger charge is 2.16. The molecule has 0 unspecified atom stereocenters. The fourth-order valence-corrected chi connectivity index (χ4v) is 3.66. The van der Waals surface area contributed by atoms with Crippen molar-refractivity contribution in [3.05, 3.63) is 46.1 Å². The molecule has 102 valence electrons. The molecular formula is C16H14O3S. The topological polar surface area (TPSA) is 57.5 Å². The molecule has 0 radical (unpaired) electrons. The van der Waals surface area contributed by atoms with E-state index in [9.17, 15) is 15.0 Å². The van der Waals surface area contributed by atoms with Crippen LogP contribution in [0.1, 0.15) is 25.3 Å². The van der Waals surface area contributed by atoms with Gasteiger partial charge in [-0.2, -0.15) is 0 Å². The van der Waals surface area contributed by atoms with Crippen LogP contribution in [0.15, 0.2) is 35.1 Å². The summed E-state index contributed by atoms with van der Waals surface area (Å²) in [6, 6.07) is 8.13. The number of fused-ring (bicyclic) bond motifs is 2. The minimum Gasteiger partial charge on any atom is -0.508 e. The molecule has 3 nitrogen and oxygen atoms in total. The minimum atomic E-state index is -0.0895. The van der Waals surface area contributed by atoms with Gasteiger partial charge in [0.15, 0.2) is 5.43 Å². The Morgan fingerprint density at radius 2 is 1.80 bits per heavy atom. The lowest BCUT2D eigenvalue weighted by atomic mass is 9.97. The van der Waals surface area contributed by atoms with E-state index in [1.54, 1.807) is 24.3 Å². The molecule has 0 amide bonds. The average Bonchev–Trinajstić information content (AvgIpc) is 2.39. The predicted octanol–water partition coefficient (Wildman–Crippen LogP) is 3.95. The molecule has 1 heterocycles. The molecule has 3 aromatic rings. The molecule has 0 aliphatic heterocycles. The van der Waals surface area contributed by atoms with Gasteiger partial charge in [-0.3, -0.25) is 4.79 Å². The Morgan fingerprint density at radius 1 is 1.05 bits per heavy atom. The van der Waals surface area contributed by atoms with Crippen molar-refractivity contribution in [2.24, 2.45) is 0 Å². The fourth-order valence-electron chi connectivity index (χ4n) is 2.53. The summed E-state index contributed by atoms with van der Waals surface area (Å²) in [5.41, 5.74) is 0.604. The summed E-state index contributed by atoms with van der Waals surface area (Å²) >= 11 is 1.45. The van der Waals surface area contributed by atoms with Crippen LogP contribution in [0.4, 0.5) is 0 Å². The molecule has 0 bridgehead atoms. The number of hydrogen-bond donors (Lipinski definition) is 2. The summed E-state index contributed by atoms with van der Waals surface area (Å²) in [6.07, 6.45) is 0. The fraction of sp³-hybridized carbons (Fsp3) is 0.188. The monoisotopic (exact) mass is 286 g/mol. The van der Waals surface area contributed by atoms with Crippen molar-refractivity contribution >= 4 is 31.5 Å². The highest BCUT2D eigenvalue weighted by Crippen LogP contribution is 2.35. The van der Waals surface area contributed by atoms with Crippen LogP contribution >= 0.6 is 11.3 Å². The van der Waals surface area contributed by atoms with Crippen LogP contribution in [0.25, 0.3) is 20.2 Å². The summed E-state index contributed by atoms with van der Waals surface area (Å²) in [7, 11) is 0. The number of phenols is 2. The summed E-state index contributed by atoms with van der Waals surface area (Å²) in [5.74, 6) is 0.374. The third-order valence-corrected chi connectivity index (χ3v) is 4.54. The average molecular weight is 286 g/mol. The Hall–Kier alpha value is -2.07. The van der Waals surface area contributed by atoms with Crippen molar-refractivity contribution in [1.82, 2.24) is 0 Å². The van der Waals surface area contributed by atoms with E-state index in [0.29, 0.717) is 16.3 Å². The summed E-state index contributed by atoms with van der Waals surface area (Å²) in [6.45, 7) is 3.92. The number of aromatic hydroxyl groups is 2. The van der Waals surface area contributed by atoms with Gasteiger partial charge in [-0.1, -0.05) is 13.8 Å². The lowest BCUT2D eigenvalue weighted by molar-refractivity contribution is 0.466. The van der Waals surface area contributed by atoms with Crippen LogP contribution in [0.2, 0.25) is 0 Å². The summed E-state index contributed by atoms with van der Waals surface area (Å²) in [4.78, 5) is 12.7. The van der Waals surface area contributed by atoms with E-state index >= 15 is 0 Å². The second-order valence-electron chi connectivity index (χ2n) is 5.14. The molecule has 3 rings (SSSR count). The maximum atomic E-state index is 12.7. The first-order valence-electron chi connectivity index (χ1n) is 6.40. The van der Waals surface area contributed by atoms with E-state index in [-0.39, 0.29) is 22.8 Å². The zero-order valence-electron chi connectivity index (χ0n) is 11.2. The molecule has 0 aliphatic carbocycles. The first-order valence-corrected chi connectivity index (χ1v) is 7.22. The van der Waals surface area contributed by atoms with Gasteiger partial charge in [0.1, 0.15) is 11.5 Å². The Bertz CT molecular complexity index is 878. The molecule has 0 spiro atoms. The Morgan fingerprint density at radius 3 is 2.50 bits per heavy atom. The van der Waals surface area contributed by atoms with Gasteiger partial charge < -0.3 is 10.2 Å². The van der Waals surface area contributed by atoms with E-state index < -0.39 is 0 Å². The highest BCUT2D eigenvalue weighted by atomic mass is 32.1. The van der Waals surface area contributed by atoms with E-state index in [1.807, 2.05) is 13.8 Å². The minimum absolute atomic E-state index is 0.0631. The molecule has 2 N–H and O–H groups in total. The molecule has 0 atom stereocenters. The highest BCUT2D eigenvalue weighted by molar-refractivity contribution is 7.24. The van der Waals surface area contributed by atoms with Gasteiger partial charge in [-0.25, -0.2) is 0 Å². The van der Waals surface area contributed by atoms with Gasteiger partial charge in [-0.15, -0.1) is 11.3 Å². The second kappa shape index (κ2) is 4.49. The van der Waals surface area contributed by atoms with Crippen molar-refractivity contribution in [3.8, 4) is 11.5 Å². The van der Waals surface area contributed by atoms with E-state index in [0.717, 1.165) is 9.40 Å². The van der Waals surface area contributed by atoms with Crippen LogP contribution in [0.3, 0.4) is 0 Å². The van der Waals surface area contributed by atoms with Crippen molar-refractivity contribution in [1.29, 1.82) is 0 Å². The van der Waals surface area contributed by atoms with Gasteiger partial charge in [-0.05, 0) is 36.2 Å². The van der Waals surface area contributed by atoms with Gasteiger partial charge in [0.2, 0.25) is 0 Å². The van der Waals surface area contributed by atoms with Crippen LogP contribution in [0.5, 0.6) is 11.5 Å². The van der Waals surface area contributed by atoms with Crippen LogP contribution in [0, 0.1) is 0 Å². The summed E-state index contributed by atoms with van der Waals surface area (Å²) in [5, 5.41) is 20.8. The SMILES string of the molecule is CC(C)c1c(O)ccc2sc3cc(O)ccc3c(=O)c12. The van der Waals surface area contributed by atoms with E-state index in [2.05, 4.69) is 0 Å². The number of phenolic OH excluding ortho intramolecular Hbond substituents is 2. The standard InChI is InChI=1S/C16H14O3S/c1-8(2)14-11(18)5-6-12-15(14)16(19)10-4-3-9(17)7-13(10)20-12/h3-8,17-18H,1-2H3. The maximum absolute atomic E-state index is 12.7. The van der Waals surface area contributed by atoms with Crippen molar-refractivity contribution in [3.63, 3.8) is 0 Å². The normalized spacial score (nSPS) is 11.6. The molecule has 4 heteroatoms. The third kappa shape index (κ3) is 1.84. The molecule has 0 aliphatic rings. The summed E-state index contributed by atoms with van der Waals surface area (Å²) < 4.78 is 1.58. The zero-order chi connectivity index (χ0) is 14.4. The van der Waals surface area contributed by atoms with Crippen LogP contribution in [-0.4, -0.2) is 10.2 Å². The smallest absolute Gasteiger partial charge is 0.196 e. The van der Waals surface area contributed by atoms with Crippen molar-refractivity contribution in [2.75, 3.05) is 0 Å². The zero-order valence-corrected chi connectivity index (χ0v) is 12.0. The molecule has 20 heavy (non-hydrogen) atoms. The lowest BCUT2D eigenvalue weighted by Crippen LogP contribution is -2.05. The first-order chi connectivity index (χ1) is 9.49. The first kappa shape index (κ1) is 12.9. The van der Waals surface area contributed by atoms with Crippen LogP contribution in [-0.2, 0) is 0 Å². The Labute approximate surface area is 119 Å². The molecule has 1 aromatic heterocycles. The number of rotatable bonds is 1. The van der Waals surface area contributed by atoms with E-state index in [1.165, 1.54) is 17.4 Å².